The van der Waals surface area contributed by atoms with Gasteiger partial charge in [0.15, 0.2) is 0 Å². The van der Waals surface area contributed by atoms with E-state index in [0.717, 1.165) is 12.8 Å². The molecule has 1 fully saturated rings. The first kappa shape index (κ1) is 17.7. The van der Waals surface area contributed by atoms with Crippen molar-refractivity contribution >= 4 is 29.3 Å². The fourth-order valence-electron chi connectivity index (χ4n) is 2.06. The van der Waals surface area contributed by atoms with Crippen molar-refractivity contribution in [2.45, 2.75) is 31.1 Å². The third kappa shape index (κ3) is 6.19. The Morgan fingerprint density at radius 2 is 2.00 bits per heavy atom. The van der Waals surface area contributed by atoms with Crippen LogP contribution in [0.15, 0.2) is 24.3 Å². The number of amides is 2. The summed E-state index contributed by atoms with van der Waals surface area (Å²) in [6.07, 6.45) is 2.29. The maximum Gasteiger partial charge on any atom is 0.234 e. The molecule has 0 bridgehead atoms. The Bertz CT molecular complexity index is 549. The molecule has 126 valence electrons. The zero-order valence-electron chi connectivity index (χ0n) is 13.0. The van der Waals surface area contributed by atoms with E-state index in [4.69, 9.17) is 5.73 Å². The number of benzene rings is 1. The molecule has 1 saturated carbocycles. The number of carbonyl (C=O) groups is 2. The van der Waals surface area contributed by atoms with Crippen LogP contribution in [0.1, 0.15) is 19.8 Å². The average Bonchev–Trinajstić information content (AvgIpc) is 3.37. The van der Waals surface area contributed by atoms with Gasteiger partial charge in [-0.25, -0.2) is 4.39 Å². The third-order valence-corrected chi connectivity index (χ3v) is 4.84. The van der Waals surface area contributed by atoms with E-state index in [-0.39, 0.29) is 34.7 Å². The van der Waals surface area contributed by atoms with E-state index in [1.165, 1.54) is 36.0 Å². The number of nitrogens with two attached hydrogens (primary N) is 1. The Kier molecular flexibility index (Phi) is 6.41. The molecular formula is C16H22FN3O2S. The number of anilines is 1. The summed E-state index contributed by atoms with van der Waals surface area (Å²) in [7, 11) is 0. The Morgan fingerprint density at radius 3 is 2.61 bits per heavy atom. The molecule has 2 unspecified atom stereocenters. The van der Waals surface area contributed by atoms with Crippen LogP contribution in [0.25, 0.3) is 0 Å². The predicted octanol–water partition coefficient (Wildman–Crippen LogP) is 1.74. The Labute approximate surface area is 139 Å². The largest absolute Gasteiger partial charge is 0.354 e. The summed E-state index contributed by atoms with van der Waals surface area (Å²) in [6, 6.07) is 5.57. The van der Waals surface area contributed by atoms with Gasteiger partial charge in [-0.3, -0.25) is 9.59 Å². The monoisotopic (exact) mass is 339 g/mol. The molecule has 2 amide bonds. The summed E-state index contributed by atoms with van der Waals surface area (Å²) >= 11 is 1.25. The van der Waals surface area contributed by atoms with Crippen LogP contribution in [-0.4, -0.2) is 35.4 Å². The van der Waals surface area contributed by atoms with Crippen molar-refractivity contribution in [1.82, 2.24) is 5.32 Å². The van der Waals surface area contributed by atoms with Crippen LogP contribution in [0.2, 0.25) is 0 Å². The van der Waals surface area contributed by atoms with Crippen LogP contribution < -0.4 is 16.4 Å². The van der Waals surface area contributed by atoms with E-state index in [2.05, 4.69) is 10.6 Å². The van der Waals surface area contributed by atoms with Crippen molar-refractivity contribution in [3.63, 3.8) is 0 Å². The zero-order chi connectivity index (χ0) is 16.8. The lowest BCUT2D eigenvalue weighted by Crippen LogP contribution is -2.41. The van der Waals surface area contributed by atoms with Crippen molar-refractivity contribution in [3.8, 4) is 0 Å². The van der Waals surface area contributed by atoms with Gasteiger partial charge >= 0.3 is 0 Å². The van der Waals surface area contributed by atoms with E-state index in [1.807, 2.05) is 0 Å². The number of hydrogen-bond donors (Lipinski definition) is 3. The summed E-state index contributed by atoms with van der Waals surface area (Å²) in [5, 5.41) is 5.15. The maximum atomic E-state index is 12.8. The summed E-state index contributed by atoms with van der Waals surface area (Å²) in [6.45, 7) is 2.24. The summed E-state index contributed by atoms with van der Waals surface area (Å²) in [5.74, 6) is 0.00382. The van der Waals surface area contributed by atoms with Crippen molar-refractivity contribution in [3.05, 3.63) is 30.1 Å². The van der Waals surface area contributed by atoms with Crippen LogP contribution in [-0.2, 0) is 9.59 Å². The molecule has 7 heteroatoms. The van der Waals surface area contributed by atoms with Crippen LogP contribution >= 0.6 is 11.8 Å². The quantitative estimate of drug-likeness (QED) is 0.673. The fourth-order valence-corrected chi connectivity index (χ4v) is 2.77. The molecule has 1 aliphatic carbocycles. The lowest BCUT2D eigenvalue weighted by molar-refractivity contribution is -0.120. The van der Waals surface area contributed by atoms with Gasteiger partial charge < -0.3 is 16.4 Å². The normalized spacial score (nSPS) is 16.5. The second kappa shape index (κ2) is 8.31. The Hall–Kier alpha value is -1.60. The number of nitrogens with one attached hydrogen (secondary N) is 2. The SMILES string of the molecule is CC(SCC(=O)Nc1ccc(F)cc1)C(=O)NCC(N)C1CC1. The second-order valence-electron chi connectivity index (χ2n) is 5.75. The van der Waals surface area contributed by atoms with Crippen molar-refractivity contribution in [2.24, 2.45) is 11.7 Å². The smallest absolute Gasteiger partial charge is 0.234 e. The van der Waals surface area contributed by atoms with Gasteiger partial charge in [0.1, 0.15) is 5.82 Å². The standard InChI is InChI=1S/C16H22FN3O2S/c1-10(16(22)19-8-14(18)11-2-3-11)23-9-15(21)20-13-6-4-12(17)5-7-13/h4-7,10-11,14H,2-3,8-9,18H2,1H3,(H,19,22)(H,20,21). The minimum Gasteiger partial charge on any atom is -0.354 e. The van der Waals surface area contributed by atoms with Gasteiger partial charge in [0.25, 0.3) is 0 Å². The van der Waals surface area contributed by atoms with E-state index in [9.17, 15) is 14.0 Å². The lowest BCUT2D eigenvalue weighted by Gasteiger charge is -2.15. The molecule has 0 aliphatic heterocycles. The van der Waals surface area contributed by atoms with Gasteiger partial charge in [-0.2, -0.15) is 0 Å². The molecule has 1 aromatic rings. The van der Waals surface area contributed by atoms with E-state index < -0.39 is 0 Å². The Morgan fingerprint density at radius 1 is 1.35 bits per heavy atom. The average molecular weight is 339 g/mol. The predicted molar refractivity (Wildman–Crippen MR) is 90.7 cm³/mol. The molecule has 0 spiro atoms. The number of hydrogen-bond acceptors (Lipinski definition) is 4. The first-order valence-electron chi connectivity index (χ1n) is 7.66. The molecule has 0 saturated heterocycles. The molecule has 0 radical (unpaired) electrons. The van der Waals surface area contributed by atoms with Crippen molar-refractivity contribution in [2.75, 3.05) is 17.6 Å². The highest BCUT2D eigenvalue weighted by molar-refractivity contribution is 8.01. The molecule has 1 aliphatic rings. The van der Waals surface area contributed by atoms with E-state index in [1.54, 1.807) is 6.92 Å². The van der Waals surface area contributed by atoms with Crippen LogP contribution in [0.5, 0.6) is 0 Å². The third-order valence-electron chi connectivity index (χ3n) is 3.70. The van der Waals surface area contributed by atoms with Gasteiger partial charge in [-0.05, 0) is 49.9 Å². The summed E-state index contributed by atoms with van der Waals surface area (Å²) < 4.78 is 12.8. The molecule has 23 heavy (non-hydrogen) atoms. The summed E-state index contributed by atoms with van der Waals surface area (Å²) in [5.41, 5.74) is 6.47. The molecule has 0 aromatic heterocycles. The molecule has 4 N–H and O–H groups in total. The zero-order valence-corrected chi connectivity index (χ0v) is 13.9. The molecular weight excluding hydrogens is 317 g/mol. The van der Waals surface area contributed by atoms with E-state index >= 15 is 0 Å². The minimum atomic E-state index is -0.355. The highest BCUT2D eigenvalue weighted by Gasteiger charge is 2.28. The van der Waals surface area contributed by atoms with Gasteiger partial charge in [-0.1, -0.05) is 0 Å². The minimum absolute atomic E-state index is 0.0259. The van der Waals surface area contributed by atoms with Crippen LogP contribution in [0.3, 0.4) is 0 Å². The molecule has 0 heterocycles. The topological polar surface area (TPSA) is 84.2 Å². The molecule has 2 atom stereocenters. The van der Waals surface area contributed by atoms with Gasteiger partial charge in [0.05, 0.1) is 11.0 Å². The van der Waals surface area contributed by atoms with Gasteiger partial charge in [-0.15, -0.1) is 11.8 Å². The number of thioether (sulfide) groups is 1. The fraction of sp³-hybridized carbons (Fsp3) is 0.500. The maximum absolute atomic E-state index is 12.8. The first-order chi connectivity index (χ1) is 11.0. The highest BCUT2D eigenvalue weighted by Crippen LogP contribution is 2.31. The van der Waals surface area contributed by atoms with Gasteiger partial charge in [0, 0.05) is 18.3 Å². The lowest BCUT2D eigenvalue weighted by atomic mass is 10.2. The number of rotatable bonds is 8. The Balaban J connectivity index is 1.65. The van der Waals surface area contributed by atoms with Crippen LogP contribution in [0, 0.1) is 11.7 Å². The number of carbonyl (C=O) groups excluding carboxylic acids is 2. The van der Waals surface area contributed by atoms with Crippen molar-refractivity contribution in [1.29, 1.82) is 0 Å². The van der Waals surface area contributed by atoms with Gasteiger partial charge in [0.2, 0.25) is 11.8 Å². The highest BCUT2D eigenvalue weighted by atomic mass is 32.2. The molecule has 1 aromatic carbocycles. The van der Waals surface area contributed by atoms with Crippen LogP contribution in [0.4, 0.5) is 10.1 Å². The molecule has 2 rings (SSSR count). The summed E-state index contributed by atoms with van der Waals surface area (Å²) in [4.78, 5) is 23.7. The number of halogens is 1. The second-order valence-corrected chi connectivity index (χ2v) is 7.08. The first-order valence-corrected chi connectivity index (χ1v) is 8.71. The molecule has 5 nitrogen and oxygen atoms in total. The van der Waals surface area contributed by atoms with E-state index in [0.29, 0.717) is 18.2 Å². The van der Waals surface area contributed by atoms with Crippen molar-refractivity contribution < 1.29 is 14.0 Å².